The number of aromatic hydroxyl groups is 1. The Labute approximate surface area is 203 Å². The van der Waals surface area contributed by atoms with E-state index in [1.54, 1.807) is 30.3 Å². The van der Waals surface area contributed by atoms with Crippen LogP contribution in [0.4, 0.5) is 0 Å². The number of nitrogens with zero attached hydrogens (tertiary/aromatic N) is 1. The van der Waals surface area contributed by atoms with Gasteiger partial charge in [0.15, 0.2) is 0 Å². The quantitative estimate of drug-likeness (QED) is 0.307. The van der Waals surface area contributed by atoms with Crippen LogP contribution < -0.4 is 9.47 Å². The Balaban J connectivity index is 1.94. The van der Waals surface area contributed by atoms with E-state index in [-0.39, 0.29) is 29.2 Å². The monoisotopic (exact) mass is 473 g/mol. The second-order valence-electron chi connectivity index (χ2n) is 8.49. The largest absolute Gasteiger partial charge is 0.508 e. The first-order valence-corrected chi connectivity index (χ1v) is 11.1. The number of benzene rings is 3. The predicted molar refractivity (Wildman–Crippen MR) is 131 cm³/mol. The number of hydrogen-bond donors (Lipinski definition) is 2. The molecule has 1 fully saturated rings. The minimum Gasteiger partial charge on any atom is -0.508 e. The van der Waals surface area contributed by atoms with E-state index in [4.69, 9.17) is 9.47 Å². The van der Waals surface area contributed by atoms with Crippen molar-refractivity contribution in [2.45, 2.75) is 26.4 Å². The molecule has 2 N–H and O–H groups in total. The van der Waals surface area contributed by atoms with E-state index in [9.17, 15) is 19.8 Å². The van der Waals surface area contributed by atoms with Gasteiger partial charge in [-0.15, -0.1) is 0 Å². The van der Waals surface area contributed by atoms with Crippen LogP contribution in [0, 0.1) is 13.8 Å². The lowest BCUT2D eigenvalue weighted by Crippen LogP contribution is -2.29. The van der Waals surface area contributed by atoms with Gasteiger partial charge in [0.25, 0.3) is 11.7 Å². The predicted octanol–water partition coefficient (Wildman–Crippen LogP) is 4.65. The molecule has 1 unspecified atom stereocenters. The molecule has 0 bridgehead atoms. The van der Waals surface area contributed by atoms with Crippen molar-refractivity contribution in [3.8, 4) is 17.2 Å². The lowest BCUT2D eigenvalue weighted by molar-refractivity contribution is -0.140. The molecule has 0 aliphatic carbocycles. The van der Waals surface area contributed by atoms with Gasteiger partial charge in [-0.25, -0.2) is 0 Å². The smallest absolute Gasteiger partial charge is 0.295 e. The second kappa shape index (κ2) is 9.54. The number of Topliss-reactive ketones (excluding diaryl/α,β-unsaturated/α-hetero) is 1. The van der Waals surface area contributed by atoms with Crippen molar-refractivity contribution in [1.82, 2.24) is 4.90 Å². The highest BCUT2D eigenvalue weighted by Crippen LogP contribution is 2.44. The molecule has 7 nitrogen and oxygen atoms in total. The number of hydrogen-bond acceptors (Lipinski definition) is 6. The molecule has 1 atom stereocenters. The third kappa shape index (κ3) is 4.33. The molecule has 0 radical (unpaired) electrons. The number of phenols is 1. The first-order valence-electron chi connectivity index (χ1n) is 11.1. The number of ether oxygens (including phenoxy) is 2. The maximum Gasteiger partial charge on any atom is 0.295 e. The fourth-order valence-electron chi connectivity index (χ4n) is 4.42. The zero-order valence-electron chi connectivity index (χ0n) is 20.0. The van der Waals surface area contributed by atoms with Crippen LogP contribution in [0.5, 0.6) is 17.2 Å². The highest BCUT2D eigenvalue weighted by atomic mass is 16.5. The summed E-state index contributed by atoms with van der Waals surface area (Å²) in [7, 11) is 2.89. The van der Waals surface area contributed by atoms with Gasteiger partial charge >= 0.3 is 0 Å². The summed E-state index contributed by atoms with van der Waals surface area (Å²) in [5.74, 6) is -1.27. The first kappa shape index (κ1) is 23.9. The first-order chi connectivity index (χ1) is 16.8. The van der Waals surface area contributed by atoms with Gasteiger partial charge < -0.3 is 24.6 Å². The van der Waals surface area contributed by atoms with Crippen molar-refractivity contribution in [3.05, 3.63) is 94.1 Å². The lowest BCUT2D eigenvalue weighted by Gasteiger charge is -2.26. The summed E-state index contributed by atoms with van der Waals surface area (Å²) < 4.78 is 10.8. The number of amides is 1. The van der Waals surface area contributed by atoms with Crippen LogP contribution >= 0.6 is 0 Å². The molecule has 1 saturated heterocycles. The Morgan fingerprint density at radius 2 is 1.57 bits per heavy atom. The molecule has 0 spiro atoms. The van der Waals surface area contributed by atoms with Crippen molar-refractivity contribution in [1.29, 1.82) is 0 Å². The number of carbonyl (C=O) groups is 2. The number of aliphatic hydroxyl groups excluding tert-OH is 1. The molecule has 0 aromatic heterocycles. The van der Waals surface area contributed by atoms with Crippen LogP contribution in [-0.4, -0.2) is 41.0 Å². The minimum absolute atomic E-state index is 0.0478. The molecule has 180 valence electrons. The number of aryl methyl sites for hydroxylation is 2. The normalized spacial score (nSPS) is 17.0. The lowest BCUT2D eigenvalue weighted by atomic mass is 9.94. The second-order valence-corrected chi connectivity index (χ2v) is 8.49. The van der Waals surface area contributed by atoms with E-state index in [1.165, 1.54) is 31.3 Å². The molecule has 4 rings (SSSR count). The maximum atomic E-state index is 13.4. The average Bonchev–Trinajstić information content (AvgIpc) is 3.10. The summed E-state index contributed by atoms with van der Waals surface area (Å²) in [5.41, 5.74) is 3.59. The zero-order valence-corrected chi connectivity index (χ0v) is 20.0. The summed E-state index contributed by atoms with van der Waals surface area (Å²) >= 11 is 0. The average molecular weight is 474 g/mol. The SMILES string of the molecule is COc1cccc(OC)c1/C(O)=C1\C(=O)C(=O)N(Cc2cc(C)ccc2C)C1c1ccc(O)cc1. The molecule has 1 heterocycles. The van der Waals surface area contributed by atoms with Gasteiger partial charge in [0, 0.05) is 6.54 Å². The van der Waals surface area contributed by atoms with E-state index in [0.29, 0.717) is 17.1 Å². The summed E-state index contributed by atoms with van der Waals surface area (Å²) in [6.07, 6.45) is 0. The Morgan fingerprint density at radius 1 is 0.943 bits per heavy atom. The van der Waals surface area contributed by atoms with Crippen LogP contribution in [-0.2, 0) is 16.1 Å². The highest BCUT2D eigenvalue weighted by Gasteiger charge is 2.46. The van der Waals surface area contributed by atoms with Gasteiger partial charge in [0.1, 0.15) is 28.6 Å². The molecule has 0 saturated carbocycles. The fraction of sp³-hybridized carbons (Fsp3) is 0.214. The molecule has 1 aliphatic rings. The number of ketones is 1. The summed E-state index contributed by atoms with van der Waals surface area (Å²) in [6.45, 7) is 4.08. The standard InChI is InChI=1S/C28H27NO6/c1-16-8-9-17(2)19(14-16)15-29-25(18-10-12-20(30)13-11-18)24(27(32)28(29)33)26(31)23-21(34-3)6-5-7-22(23)35-4/h5-14,25,30-31H,15H2,1-4H3/b26-24+. The molecule has 7 heteroatoms. The molecular formula is C28H27NO6. The van der Waals surface area contributed by atoms with E-state index < -0.39 is 17.7 Å². The Bertz CT molecular complexity index is 1300. The van der Waals surface area contributed by atoms with Crippen molar-refractivity contribution in [2.24, 2.45) is 0 Å². The van der Waals surface area contributed by atoms with E-state index in [0.717, 1.165) is 16.7 Å². The van der Waals surface area contributed by atoms with Gasteiger partial charge in [0.2, 0.25) is 0 Å². The van der Waals surface area contributed by atoms with Crippen molar-refractivity contribution < 1.29 is 29.3 Å². The molecule has 3 aromatic carbocycles. The van der Waals surface area contributed by atoms with E-state index in [2.05, 4.69) is 0 Å². The molecule has 35 heavy (non-hydrogen) atoms. The minimum atomic E-state index is -0.884. The molecule has 1 aliphatic heterocycles. The van der Waals surface area contributed by atoms with Crippen LogP contribution in [0.2, 0.25) is 0 Å². The van der Waals surface area contributed by atoms with Gasteiger partial charge in [-0.1, -0.05) is 42.0 Å². The van der Waals surface area contributed by atoms with E-state index in [1.807, 2.05) is 32.0 Å². The fourth-order valence-corrected chi connectivity index (χ4v) is 4.42. The number of phenolic OH excluding ortho intramolecular Hbond substituents is 1. The van der Waals surface area contributed by atoms with Crippen molar-refractivity contribution in [3.63, 3.8) is 0 Å². The van der Waals surface area contributed by atoms with E-state index >= 15 is 0 Å². The van der Waals surface area contributed by atoms with Crippen LogP contribution in [0.3, 0.4) is 0 Å². The summed E-state index contributed by atoms with van der Waals surface area (Å²) in [5, 5.41) is 21.3. The molecule has 1 amide bonds. The third-order valence-corrected chi connectivity index (χ3v) is 6.26. The maximum absolute atomic E-state index is 13.4. The van der Waals surface area contributed by atoms with Gasteiger partial charge in [-0.2, -0.15) is 0 Å². The Kier molecular flexibility index (Phi) is 6.51. The number of likely N-dealkylation sites (tertiary alicyclic amines) is 1. The van der Waals surface area contributed by atoms with Crippen molar-refractivity contribution in [2.75, 3.05) is 14.2 Å². The van der Waals surface area contributed by atoms with Crippen LogP contribution in [0.25, 0.3) is 5.76 Å². The third-order valence-electron chi connectivity index (χ3n) is 6.26. The molecule has 3 aromatic rings. The number of carbonyl (C=O) groups excluding carboxylic acids is 2. The van der Waals surface area contributed by atoms with Gasteiger partial charge in [-0.05, 0) is 54.8 Å². The summed E-state index contributed by atoms with van der Waals surface area (Å²) in [6, 6.07) is 16.3. The van der Waals surface area contributed by atoms with Crippen LogP contribution in [0.1, 0.15) is 33.9 Å². The number of methoxy groups -OCH3 is 2. The topological polar surface area (TPSA) is 96.3 Å². The van der Waals surface area contributed by atoms with Crippen molar-refractivity contribution >= 4 is 17.4 Å². The van der Waals surface area contributed by atoms with Gasteiger partial charge in [0.05, 0.1) is 25.8 Å². The van der Waals surface area contributed by atoms with Gasteiger partial charge in [-0.3, -0.25) is 9.59 Å². The Hall–Kier alpha value is -4.26. The summed E-state index contributed by atoms with van der Waals surface area (Å²) in [4.78, 5) is 28.2. The number of aliphatic hydroxyl groups is 1. The molecular weight excluding hydrogens is 446 g/mol. The van der Waals surface area contributed by atoms with Crippen LogP contribution in [0.15, 0.2) is 66.2 Å². The number of rotatable bonds is 6. The Morgan fingerprint density at radius 3 is 2.17 bits per heavy atom. The zero-order chi connectivity index (χ0) is 25.3. The highest BCUT2D eigenvalue weighted by molar-refractivity contribution is 6.46.